The van der Waals surface area contributed by atoms with Crippen LogP contribution in [0.15, 0.2) is 12.1 Å². The number of carbonyl (C=O) groups excluding carboxylic acids is 1. The first-order valence-electron chi connectivity index (χ1n) is 7.65. The lowest BCUT2D eigenvalue weighted by Crippen LogP contribution is -2.32. The highest BCUT2D eigenvalue weighted by Gasteiger charge is 2.33. The molecular weight excluding hydrogens is 359 g/mol. The number of nitrogens with zero attached hydrogens (tertiary/aromatic N) is 1. The van der Waals surface area contributed by atoms with Crippen molar-refractivity contribution >= 4 is 17.2 Å². The molecule has 1 aliphatic rings. The number of carbonyl (C=O) groups is 1. The Kier molecular flexibility index (Phi) is 5.11. The van der Waals surface area contributed by atoms with Gasteiger partial charge in [-0.25, -0.2) is 10.3 Å². The number of aromatic nitrogens is 2. The third-order valence-electron chi connectivity index (χ3n) is 3.68. The molecule has 1 unspecified atom stereocenters. The van der Waals surface area contributed by atoms with Gasteiger partial charge in [0.1, 0.15) is 11.4 Å². The fraction of sp³-hybridized carbons (Fsp3) is 0.467. The van der Waals surface area contributed by atoms with Crippen LogP contribution in [0.25, 0.3) is 10.6 Å². The van der Waals surface area contributed by atoms with E-state index in [1.165, 1.54) is 0 Å². The molecule has 2 aromatic heterocycles. The van der Waals surface area contributed by atoms with Crippen LogP contribution in [0.5, 0.6) is 0 Å². The molecule has 0 radical (unpaired) electrons. The van der Waals surface area contributed by atoms with Crippen molar-refractivity contribution in [2.45, 2.75) is 38.7 Å². The van der Waals surface area contributed by atoms with Crippen molar-refractivity contribution in [1.29, 1.82) is 0 Å². The summed E-state index contributed by atoms with van der Waals surface area (Å²) in [6.45, 7) is 2.29. The summed E-state index contributed by atoms with van der Waals surface area (Å²) in [7, 11) is 0. The topological polar surface area (TPSA) is 76.2 Å². The number of nitrogens with one attached hydrogen (secondary N) is 2. The fourth-order valence-corrected chi connectivity index (χ4v) is 3.42. The Morgan fingerprint density at radius 1 is 1.44 bits per heavy atom. The van der Waals surface area contributed by atoms with Crippen molar-refractivity contribution in [1.82, 2.24) is 15.7 Å². The van der Waals surface area contributed by atoms with E-state index < -0.39 is 24.1 Å². The van der Waals surface area contributed by atoms with Gasteiger partial charge < -0.3 is 4.74 Å². The average molecular weight is 375 g/mol. The van der Waals surface area contributed by atoms with Crippen LogP contribution in [0, 0.1) is 6.92 Å². The molecule has 1 saturated heterocycles. The van der Waals surface area contributed by atoms with Crippen molar-refractivity contribution in [3.63, 3.8) is 0 Å². The summed E-state index contributed by atoms with van der Waals surface area (Å²) in [5.74, 6) is -0.472. The second kappa shape index (κ2) is 7.14. The summed E-state index contributed by atoms with van der Waals surface area (Å²) in [5.41, 5.74) is 2.20. The molecule has 2 N–H and O–H groups in total. The lowest BCUT2D eigenvalue weighted by atomic mass is 10.2. The van der Waals surface area contributed by atoms with E-state index >= 15 is 0 Å². The molecule has 0 aliphatic carbocycles. The SMILES string of the molecule is Cc1cc(C(=O)NOC2CCCCO2)sc1-c1cc(C(F)(F)F)[nH]n1. The van der Waals surface area contributed by atoms with Crippen LogP contribution < -0.4 is 5.48 Å². The molecule has 1 fully saturated rings. The molecule has 3 heterocycles. The van der Waals surface area contributed by atoms with Crippen LogP contribution in [-0.2, 0) is 15.8 Å². The Balaban J connectivity index is 1.69. The van der Waals surface area contributed by atoms with Gasteiger partial charge in [-0.05, 0) is 37.5 Å². The number of hydroxylamine groups is 1. The van der Waals surface area contributed by atoms with Gasteiger partial charge in [-0.15, -0.1) is 11.3 Å². The number of thiophene rings is 1. The third kappa shape index (κ3) is 4.20. The quantitative estimate of drug-likeness (QED) is 0.800. The molecule has 0 bridgehead atoms. The number of hydrogen-bond acceptors (Lipinski definition) is 5. The van der Waals surface area contributed by atoms with Gasteiger partial charge >= 0.3 is 6.18 Å². The van der Waals surface area contributed by atoms with Gasteiger partial charge in [0.05, 0.1) is 9.75 Å². The molecule has 3 rings (SSSR count). The molecule has 10 heteroatoms. The first-order chi connectivity index (χ1) is 11.8. The van der Waals surface area contributed by atoms with Crippen molar-refractivity contribution in [2.75, 3.05) is 6.61 Å². The largest absolute Gasteiger partial charge is 0.432 e. The number of halogens is 3. The number of aryl methyl sites for hydroxylation is 1. The Labute approximate surface area is 145 Å². The van der Waals surface area contributed by atoms with Crippen LogP contribution in [0.3, 0.4) is 0 Å². The fourth-order valence-electron chi connectivity index (χ4n) is 2.41. The van der Waals surface area contributed by atoms with Crippen molar-refractivity contribution in [3.8, 4) is 10.6 Å². The maximum Gasteiger partial charge on any atom is 0.432 e. The lowest BCUT2D eigenvalue weighted by molar-refractivity contribution is -0.186. The molecule has 136 valence electrons. The van der Waals surface area contributed by atoms with E-state index in [9.17, 15) is 18.0 Å². The number of rotatable bonds is 4. The van der Waals surface area contributed by atoms with E-state index in [-0.39, 0.29) is 5.69 Å². The van der Waals surface area contributed by atoms with Gasteiger partial charge in [-0.2, -0.15) is 18.3 Å². The molecule has 1 atom stereocenters. The number of hydrogen-bond donors (Lipinski definition) is 2. The second-order valence-electron chi connectivity index (χ2n) is 5.63. The minimum Gasteiger partial charge on any atom is -0.350 e. The highest BCUT2D eigenvalue weighted by Crippen LogP contribution is 2.35. The monoisotopic (exact) mass is 375 g/mol. The Hall–Kier alpha value is -1.91. The van der Waals surface area contributed by atoms with Crippen molar-refractivity contribution in [3.05, 3.63) is 28.3 Å². The van der Waals surface area contributed by atoms with Gasteiger partial charge in [-0.1, -0.05) is 0 Å². The second-order valence-corrected chi connectivity index (χ2v) is 6.68. The van der Waals surface area contributed by atoms with Gasteiger partial charge in [0, 0.05) is 13.0 Å². The van der Waals surface area contributed by atoms with E-state index in [1.807, 2.05) is 5.10 Å². The number of aromatic amines is 1. The van der Waals surface area contributed by atoms with Gasteiger partial charge in [0.2, 0.25) is 0 Å². The van der Waals surface area contributed by atoms with E-state index in [4.69, 9.17) is 9.57 Å². The average Bonchev–Trinajstić information content (AvgIpc) is 3.20. The molecule has 2 aromatic rings. The Morgan fingerprint density at radius 2 is 2.24 bits per heavy atom. The van der Waals surface area contributed by atoms with Crippen LogP contribution in [-0.4, -0.2) is 29.0 Å². The highest BCUT2D eigenvalue weighted by atomic mass is 32.1. The molecule has 0 aromatic carbocycles. The standard InChI is InChI=1S/C15H16F3N3O3S/c1-8-6-10(14(22)21-24-12-4-2-3-5-23-12)25-13(8)9-7-11(20-19-9)15(16,17)18/h6-7,12H,2-5H2,1H3,(H,19,20)(H,21,22). The Bertz CT molecular complexity index is 751. The summed E-state index contributed by atoms with van der Waals surface area (Å²) in [6.07, 6.45) is -2.35. The van der Waals surface area contributed by atoms with E-state index in [0.717, 1.165) is 30.2 Å². The van der Waals surface area contributed by atoms with Gasteiger partial charge in [0.25, 0.3) is 5.91 Å². The number of alkyl halides is 3. The molecule has 6 nitrogen and oxygen atoms in total. The van der Waals surface area contributed by atoms with Crippen LogP contribution in [0.1, 0.15) is 40.2 Å². The zero-order chi connectivity index (χ0) is 18.0. The maximum absolute atomic E-state index is 12.7. The minimum atomic E-state index is -4.50. The van der Waals surface area contributed by atoms with E-state index in [2.05, 4.69) is 10.6 Å². The summed E-state index contributed by atoms with van der Waals surface area (Å²) in [5, 5.41) is 5.66. The predicted octanol–water partition coefficient (Wildman–Crippen LogP) is 3.65. The van der Waals surface area contributed by atoms with Crippen molar-refractivity contribution in [2.24, 2.45) is 0 Å². The van der Waals surface area contributed by atoms with Crippen LogP contribution >= 0.6 is 11.3 Å². The molecular formula is C15H16F3N3O3S. The zero-order valence-electron chi connectivity index (χ0n) is 13.3. The zero-order valence-corrected chi connectivity index (χ0v) is 14.1. The normalized spacial score (nSPS) is 18.3. The first kappa shape index (κ1) is 17.9. The summed E-state index contributed by atoms with van der Waals surface area (Å²) in [6, 6.07) is 2.51. The molecule has 0 spiro atoms. The Morgan fingerprint density at radius 3 is 2.88 bits per heavy atom. The summed E-state index contributed by atoms with van der Waals surface area (Å²) in [4.78, 5) is 18.2. The molecule has 1 aliphatic heterocycles. The molecule has 25 heavy (non-hydrogen) atoms. The van der Waals surface area contributed by atoms with Gasteiger partial charge in [0.15, 0.2) is 6.29 Å². The lowest BCUT2D eigenvalue weighted by Gasteiger charge is -2.21. The smallest absolute Gasteiger partial charge is 0.350 e. The van der Waals surface area contributed by atoms with Crippen LogP contribution in [0.2, 0.25) is 0 Å². The molecule has 1 amide bonds. The third-order valence-corrected chi connectivity index (χ3v) is 4.94. The summed E-state index contributed by atoms with van der Waals surface area (Å²) < 4.78 is 43.3. The molecule has 0 saturated carbocycles. The number of amides is 1. The number of H-pyrrole nitrogens is 1. The number of ether oxygens (including phenoxy) is 1. The van der Waals surface area contributed by atoms with Crippen molar-refractivity contribution < 1.29 is 27.5 Å². The minimum absolute atomic E-state index is 0.144. The predicted molar refractivity (Wildman–Crippen MR) is 83.8 cm³/mol. The van der Waals surface area contributed by atoms with E-state index in [1.54, 1.807) is 13.0 Å². The van der Waals surface area contributed by atoms with Gasteiger partial charge in [-0.3, -0.25) is 9.89 Å². The first-order valence-corrected chi connectivity index (χ1v) is 8.47. The maximum atomic E-state index is 12.7. The van der Waals surface area contributed by atoms with E-state index in [0.29, 0.717) is 28.3 Å². The highest BCUT2D eigenvalue weighted by molar-refractivity contribution is 7.17. The summed E-state index contributed by atoms with van der Waals surface area (Å²) >= 11 is 1.05. The van der Waals surface area contributed by atoms with Crippen LogP contribution in [0.4, 0.5) is 13.2 Å².